The van der Waals surface area contributed by atoms with Gasteiger partial charge in [-0.3, -0.25) is 4.90 Å². The van der Waals surface area contributed by atoms with Gasteiger partial charge in [0.1, 0.15) is 9.84 Å². The molecule has 2 N–H and O–H groups in total. The topological polar surface area (TPSA) is 73.8 Å². The monoisotopic (exact) mass is 422 g/mol. The summed E-state index contributed by atoms with van der Waals surface area (Å²) >= 11 is 0. The van der Waals surface area contributed by atoms with Crippen molar-refractivity contribution in [3.05, 3.63) is 35.4 Å². The van der Waals surface area contributed by atoms with Crippen molar-refractivity contribution >= 4 is 15.8 Å². The number of guanidine groups is 1. The summed E-state index contributed by atoms with van der Waals surface area (Å²) in [6.45, 7) is 11.1. The molecule has 1 aromatic rings. The highest BCUT2D eigenvalue weighted by Gasteiger charge is 2.16. The highest BCUT2D eigenvalue weighted by atomic mass is 32.2. The molecule has 29 heavy (non-hydrogen) atoms. The Morgan fingerprint density at radius 2 is 1.97 bits per heavy atom. The molecule has 2 atom stereocenters. The molecule has 0 radical (unpaired) electrons. The Labute approximate surface area is 177 Å². The molecule has 0 aromatic heterocycles. The number of hydrogen-bond acceptors (Lipinski definition) is 4. The Bertz CT molecular complexity index is 747. The Kier molecular flexibility index (Phi) is 9.43. The molecule has 2 rings (SSSR count). The van der Waals surface area contributed by atoms with Gasteiger partial charge in [0.25, 0.3) is 0 Å². The summed E-state index contributed by atoms with van der Waals surface area (Å²) in [5.74, 6) is 1.70. The van der Waals surface area contributed by atoms with E-state index in [-0.39, 0.29) is 11.8 Å². The van der Waals surface area contributed by atoms with E-state index in [0.29, 0.717) is 13.0 Å². The van der Waals surface area contributed by atoms with E-state index in [1.54, 1.807) is 0 Å². The number of piperidine rings is 1. The normalized spacial score (nSPS) is 19.7. The van der Waals surface area contributed by atoms with E-state index < -0.39 is 9.84 Å². The van der Waals surface area contributed by atoms with E-state index in [2.05, 4.69) is 51.7 Å². The van der Waals surface area contributed by atoms with Crippen molar-refractivity contribution in [2.75, 3.05) is 31.6 Å². The standard InChI is InChI=1S/C22H38N4O2S/c1-5-23-22(25-19(3)12-14-29(4,27)28)24-15-20-8-10-21(11-9-20)17-26-13-6-7-18(2)16-26/h8-11,18-19H,5-7,12-17H2,1-4H3,(H2,23,24,25). The zero-order chi connectivity index (χ0) is 21.3. The Morgan fingerprint density at radius 1 is 1.28 bits per heavy atom. The smallest absolute Gasteiger partial charge is 0.191 e. The Hall–Kier alpha value is -1.60. The fraction of sp³-hybridized carbons (Fsp3) is 0.682. The number of benzene rings is 1. The quantitative estimate of drug-likeness (QED) is 0.473. The minimum Gasteiger partial charge on any atom is -0.357 e. The molecule has 2 unspecified atom stereocenters. The lowest BCUT2D eigenvalue weighted by Crippen LogP contribution is -2.42. The van der Waals surface area contributed by atoms with Crippen molar-refractivity contribution in [3.8, 4) is 0 Å². The van der Waals surface area contributed by atoms with Crippen molar-refractivity contribution in [3.63, 3.8) is 0 Å². The van der Waals surface area contributed by atoms with Crippen LogP contribution in [0.2, 0.25) is 0 Å². The predicted octanol–water partition coefficient (Wildman–Crippen LogP) is 2.80. The van der Waals surface area contributed by atoms with Crippen molar-refractivity contribution in [1.82, 2.24) is 15.5 Å². The third-order valence-electron chi connectivity index (χ3n) is 5.24. The lowest BCUT2D eigenvalue weighted by atomic mass is 9.99. The van der Waals surface area contributed by atoms with Crippen LogP contribution in [0, 0.1) is 5.92 Å². The van der Waals surface area contributed by atoms with Crippen LogP contribution < -0.4 is 10.6 Å². The highest BCUT2D eigenvalue weighted by Crippen LogP contribution is 2.18. The largest absolute Gasteiger partial charge is 0.357 e. The van der Waals surface area contributed by atoms with Gasteiger partial charge in [0.15, 0.2) is 5.96 Å². The molecule has 1 aliphatic rings. The molecule has 1 aliphatic heterocycles. The minimum absolute atomic E-state index is 0.0387. The second-order valence-corrected chi connectivity index (χ2v) is 10.7. The van der Waals surface area contributed by atoms with Crippen molar-refractivity contribution < 1.29 is 8.42 Å². The van der Waals surface area contributed by atoms with Crippen LogP contribution in [0.4, 0.5) is 0 Å². The molecule has 1 fully saturated rings. The zero-order valence-electron chi connectivity index (χ0n) is 18.4. The molecule has 0 amide bonds. The summed E-state index contributed by atoms with van der Waals surface area (Å²) in [7, 11) is -2.94. The molecule has 0 spiro atoms. The third-order valence-corrected chi connectivity index (χ3v) is 6.22. The van der Waals surface area contributed by atoms with E-state index in [0.717, 1.165) is 25.0 Å². The highest BCUT2D eigenvalue weighted by molar-refractivity contribution is 7.90. The number of sulfone groups is 1. The molecule has 1 heterocycles. The average Bonchev–Trinajstić information content (AvgIpc) is 2.65. The first-order valence-electron chi connectivity index (χ1n) is 10.8. The van der Waals surface area contributed by atoms with Gasteiger partial charge in [-0.15, -0.1) is 0 Å². The molecule has 6 nitrogen and oxygen atoms in total. The second-order valence-electron chi connectivity index (χ2n) is 8.46. The molecular weight excluding hydrogens is 384 g/mol. The van der Waals surface area contributed by atoms with Gasteiger partial charge in [-0.05, 0) is 56.7 Å². The number of hydrogen-bond donors (Lipinski definition) is 2. The molecule has 0 saturated carbocycles. The van der Waals surface area contributed by atoms with Gasteiger partial charge in [0.05, 0.1) is 12.3 Å². The summed E-state index contributed by atoms with van der Waals surface area (Å²) in [6, 6.07) is 8.77. The fourth-order valence-electron chi connectivity index (χ4n) is 3.63. The molecule has 7 heteroatoms. The number of likely N-dealkylation sites (tertiary alicyclic amines) is 1. The van der Waals surface area contributed by atoms with Gasteiger partial charge in [-0.2, -0.15) is 0 Å². The maximum absolute atomic E-state index is 11.4. The number of rotatable bonds is 9. The molecule has 0 aliphatic carbocycles. The number of nitrogens with zero attached hydrogens (tertiary/aromatic N) is 2. The van der Waals surface area contributed by atoms with Gasteiger partial charge < -0.3 is 10.6 Å². The van der Waals surface area contributed by atoms with Gasteiger partial charge in [0, 0.05) is 31.9 Å². The first-order chi connectivity index (χ1) is 13.7. The number of nitrogens with one attached hydrogen (secondary N) is 2. The van der Waals surface area contributed by atoms with Gasteiger partial charge >= 0.3 is 0 Å². The van der Waals surface area contributed by atoms with Crippen LogP contribution in [0.25, 0.3) is 0 Å². The second kappa shape index (κ2) is 11.6. The molecule has 0 bridgehead atoms. The van der Waals surface area contributed by atoms with Gasteiger partial charge in [0.2, 0.25) is 0 Å². The van der Waals surface area contributed by atoms with E-state index in [9.17, 15) is 8.42 Å². The van der Waals surface area contributed by atoms with Crippen LogP contribution >= 0.6 is 0 Å². The van der Waals surface area contributed by atoms with Gasteiger partial charge in [-0.25, -0.2) is 13.4 Å². The SMILES string of the molecule is CCNC(=NCc1ccc(CN2CCCC(C)C2)cc1)NC(C)CCS(C)(=O)=O. The van der Waals surface area contributed by atoms with E-state index in [1.165, 1.54) is 43.3 Å². The average molecular weight is 423 g/mol. The van der Waals surface area contributed by atoms with E-state index in [4.69, 9.17) is 0 Å². The van der Waals surface area contributed by atoms with Crippen LogP contribution in [-0.4, -0.2) is 57.0 Å². The van der Waals surface area contributed by atoms with E-state index in [1.807, 2.05) is 13.8 Å². The first-order valence-corrected chi connectivity index (χ1v) is 12.8. The summed E-state index contributed by atoms with van der Waals surface area (Å²) in [4.78, 5) is 7.21. The summed E-state index contributed by atoms with van der Waals surface area (Å²) in [6.07, 6.45) is 4.49. The summed E-state index contributed by atoms with van der Waals surface area (Å²) in [5.41, 5.74) is 2.52. The molecule has 164 valence electrons. The lowest BCUT2D eigenvalue weighted by Gasteiger charge is -2.30. The first kappa shape index (κ1) is 23.7. The summed E-state index contributed by atoms with van der Waals surface area (Å²) in [5, 5.41) is 6.53. The lowest BCUT2D eigenvalue weighted by molar-refractivity contribution is 0.176. The molecule has 1 aromatic carbocycles. The predicted molar refractivity (Wildman–Crippen MR) is 122 cm³/mol. The van der Waals surface area contributed by atoms with Crippen molar-refractivity contribution in [2.45, 2.75) is 59.2 Å². The Balaban J connectivity index is 1.87. The Morgan fingerprint density at radius 3 is 2.59 bits per heavy atom. The van der Waals surface area contributed by atoms with Crippen LogP contribution in [0.15, 0.2) is 29.3 Å². The molecular formula is C22H38N4O2S. The van der Waals surface area contributed by atoms with Crippen molar-refractivity contribution in [1.29, 1.82) is 0 Å². The van der Waals surface area contributed by atoms with Gasteiger partial charge in [-0.1, -0.05) is 31.2 Å². The molecule has 1 saturated heterocycles. The van der Waals surface area contributed by atoms with E-state index >= 15 is 0 Å². The maximum Gasteiger partial charge on any atom is 0.191 e. The number of aliphatic imine (C=N–C) groups is 1. The van der Waals surface area contributed by atoms with Crippen LogP contribution in [0.1, 0.15) is 51.2 Å². The third kappa shape index (κ3) is 9.63. The van der Waals surface area contributed by atoms with Crippen LogP contribution in [0.5, 0.6) is 0 Å². The minimum atomic E-state index is -2.94. The van der Waals surface area contributed by atoms with Crippen molar-refractivity contribution in [2.24, 2.45) is 10.9 Å². The van der Waals surface area contributed by atoms with Crippen LogP contribution in [-0.2, 0) is 22.9 Å². The summed E-state index contributed by atoms with van der Waals surface area (Å²) < 4.78 is 22.7. The fourth-order valence-corrected chi connectivity index (χ4v) is 4.41. The maximum atomic E-state index is 11.4. The zero-order valence-corrected chi connectivity index (χ0v) is 19.3. The van der Waals surface area contributed by atoms with Crippen LogP contribution in [0.3, 0.4) is 0 Å².